The number of rotatable bonds is 10. The van der Waals surface area contributed by atoms with Crippen LogP contribution in [0.3, 0.4) is 0 Å². The van der Waals surface area contributed by atoms with Gasteiger partial charge in [0.2, 0.25) is 11.9 Å². The van der Waals surface area contributed by atoms with Crippen molar-refractivity contribution >= 4 is 65.2 Å². The number of para-hydroxylation sites is 1. The molecule has 2 fully saturated rings. The summed E-state index contributed by atoms with van der Waals surface area (Å²) in [6, 6.07) is 12.6. The van der Waals surface area contributed by atoms with E-state index in [1.54, 1.807) is 13.3 Å². The van der Waals surface area contributed by atoms with Crippen LogP contribution in [0.25, 0.3) is 0 Å². The van der Waals surface area contributed by atoms with Crippen LogP contribution in [0, 0.1) is 0 Å². The molecule has 0 bridgehead atoms. The molecule has 0 atom stereocenters. The molecule has 228 valence electrons. The molecule has 2 saturated heterocycles. The van der Waals surface area contributed by atoms with Crippen LogP contribution in [-0.4, -0.2) is 73.4 Å². The van der Waals surface area contributed by atoms with E-state index in [0.717, 1.165) is 37.3 Å². The first kappa shape index (κ1) is 31.0. The number of nitrogens with zero attached hydrogens (tertiary/aromatic N) is 4. The molecule has 5 rings (SSSR count). The van der Waals surface area contributed by atoms with Gasteiger partial charge in [0, 0.05) is 30.9 Å². The number of amides is 1. The second kappa shape index (κ2) is 14.4. The average Bonchev–Trinajstić information content (AvgIpc) is 3.03. The maximum atomic E-state index is 12.5. The summed E-state index contributed by atoms with van der Waals surface area (Å²) >= 11 is 6.50. The number of carbonyl (C=O) groups is 1. The fraction of sp³-hybridized carbons (Fsp3) is 0.406. The molecule has 0 unspecified atom stereocenters. The Morgan fingerprint density at radius 2 is 1.79 bits per heavy atom. The predicted molar refractivity (Wildman–Crippen MR) is 181 cm³/mol. The smallest absolute Gasteiger partial charge is 0.247 e. The minimum atomic E-state index is -0.333. The minimum Gasteiger partial charge on any atom is -0.494 e. The summed E-state index contributed by atoms with van der Waals surface area (Å²) in [6.07, 6.45) is 8.96. The monoisotopic (exact) mass is 621 g/mol. The molecule has 11 heteroatoms. The van der Waals surface area contributed by atoms with Crippen molar-refractivity contribution in [3.8, 4) is 5.75 Å². The van der Waals surface area contributed by atoms with Gasteiger partial charge in [-0.3, -0.25) is 4.79 Å². The lowest BCUT2D eigenvalue weighted by molar-refractivity contribution is -0.111. The second-order valence-corrected chi connectivity index (χ2v) is 13.8. The Labute approximate surface area is 260 Å². The third-order valence-electron chi connectivity index (χ3n) is 8.10. The maximum absolute atomic E-state index is 12.5. The zero-order chi connectivity index (χ0) is 30.3. The van der Waals surface area contributed by atoms with Crippen molar-refractivity contribution in [3.05, 3.63) is 60.3 Å². The second-order valence-electron chi connectivity index (χ2n) is 11.1. The number of hydrogen-bond acceptors (Lipinski definition) is 8. The number of likely N-dealkylation sites (tertiary alicyclic amines) is 1. The van der Waals surface area contributed by atoms with Gasteiger partial charge in [-0.15, -0.1) is 0 Å². The van der Waals surface area contributed by atoms with Gasteiger partial charge in [-0.1, -0.05) is 50.7 Å². The molecule has 0 aliphatic carbocycles. The quantitative estimate of drug-likeness (QED) is 0.173. The van der Waals surface area contributed by atoms with E-state index >= 15 is 0 Å². The molecule has 9 nitrogen and oxygen atoms in total. The zero-order valence-corrected chi connectivity index (χ0v) is 26.8. The van der Waals surface area contributed by atoms with Gasteiger partial charge in [-0.2, -0.15) is 4.98 Å². The molecule has 3 N–H and O–H groups in total. The van der Waals surface area contributed by atoms with E-state index < -0.39 is 0 Å². The molecule has 0 spiro atoms. The highest BCUT2D eigenvalue weighted by Crippen LogP contribution is 2.40. The van der Waals surface area contributed by atoms with Gasteiger partial charge >= 0.3 is 0 Å². The number of halogens is 1. The summed E-state index contributed by atoms with van der Waals surface area (Å²) in [5.41, 5.74) is 3.17. The minimum absolute atomic E-state index is 0.278. The van der Waals surface area contributed by atoms with Crippen molar-refractivity contribution in [1.29, 1.82) is 0 Å². The largest absolute Gasteiger partial charge is 0.494 e. The van der Waals surface area contributed by atoms with Gasteiger partial charge in [0.05, 0.1) is 30.4 Å². The van der Waals surface area contributed by atoms with E-state index in [2.05, 4.69) is 61.7 Å². The fourth-order valence-corrected chi connectivity index (χ4v) is 7.00. The van der Waals surface area contributed by atoms with Crippen molar-refractivity contribution in [2.45, 2.75) is 38.1 Å². The highest BCUT2D eigenvalue weighted by Gasteiger charge is 2.27. The fourth-order valence-electron chi connectivity index (χ4n) is 5.87. The highest BCUT2D eigenvalue weighted by atomic mass is 35.5. The van der Waals surface area contributed by atoms with Gasteiger partial charge < -0.3 is 30.5 Å². The van der Waals surface area contributed by atoms with Crippen LogP contribution in [0.1, 0.15) is 32.1 Å². The van der Waals surface area contributed by atoms with Crippen LogP contribution in [-0.2, 0) is 4.79 Å². The SMILES string of the molecule is C=CC(=O)Nc1cc(Nc2ncc(Cl)c(Nc3ccccc3P(C)C)n2)c(OC)cc1N1CCC(N2CCCCC2)CC1. The number of piperidine rings is 2. The van der Waals surface area contributed by atoms with Crippen LogP contribution in [0.4, 0.5) is 34.5 Å². The third-order valence-corrected chi connectivity index (χ3v) is 9.73. The summed E-state index contributed by atoms with van der Waals surface area (Å²) in [6.45, 7) is 12.3. The highest BCUT2D eigenvalue weighted by molar-refractivity contribution is 7.64. The zero-order valence-electron chi connectivity index (χ0n) is 25.2. The van der Waals surface area contributed by atoms with E-state index in [1.807, 2.05) is 30.3 Å². The van der Waals surface area contributed by atoms with Gasteiger partial charge in [-0.25, -0.2) is 4.98 Å². The summed E-state index contributed by atoms with van der Waals surface area (Å²) in [4.78, 5) is 26.6. The van der Waals surface area contributed by atoms with Crippen LogP contribution in [0.5, 0.6) is 5.75 Å². The summed E-state index contributed by atoms with van der Waals surface area (Å²) in [5.74, 6) is 1.18. The van der Waals surface area contributed by atoms with Crippen LogP contribution in [0.2, 0.25) is 5.02 Å². The van der Waals surface area contributed by atoms with Crippen LogP contribution in [0.15, 0.2) is 55.3 Å². The molecule has 1 amide bonds. The number of methoxy groups -OCH3 is 1. The Morgan fingerprint density at radius 3 is 2.49 bits per heavy atom. The molecule has 2 aliphatic heterocycles. The Morgan fingerprint density at radius 1 is 1.05 bits per heavy atom. The van der Waals surface area contributed by atoms with Crippen LogP contribution < -0.4 is 30.9 Å². The molecule has 43 heavy (non-hydrogen) atoms. The van der Waals surface area contributed by atoms with Crippen molar-refractivity contribution in [1.82, 2.24) is 14.9 Å². The predicted octanol–water partition coefficient (Wildman–Crippen LogP) is 6.57. The standard InChI is InChI=1S/C32H41ClN7O2P/c1-5-30(41)35-25-19-26(28(42-2)20-27(25)40-17-13-22(14-18-40)39-15-9-6-10-16-39)37-32-34-21-23(33)31(38-32)36-24-11-7-8-12-29(24)43(3)4/h5,7-8,11-12,19-22H,1,6,9-10,13-18H2,2-4H3,(H,35,41)(H2,34,36,37,38). The molecular formula is C32H41ClN7O2P. The third kappa shape index (κ3) is 7.58. The maximum Gasteiger partial charge on any atom is 0.247 e. The number of benzene rings is 2. The average molecular weight is 622 g/mol. The van der Waals surface area contributed by atoms with Gasteiger partial charge in [0.1, 0.15) is 10.8 Å². The first-order valence-corrected chi connectivity index (χ1v) is 17.4. The normalized spacial score (nSPS) is 16.2. The van der Waals surface area contributed by atoms with Gasteiger partial charge in [-0.05, 0) is 75.6 Å². The van der Waals surface area contributed by atoms with Crippen molar-refractivity contribution in [3.63, 3.8) is 0 Å². The lowest BCUT2D eigenvalue weighted by Gasteiger charge is -2.41. The Hall–Kier alpha value is -3.39. The number of aromatic nitrogens is 2. The molecule has 2 aromatic carbocycles. The summed E-state index contributed by atoms with van der Waals surface area (Å²) in [7, 11) is 1.30. The van der Waals surface area contributed by atoms with Crippen molar-refractivity contribution < 1.29 is 9.53 Å². The first-order chi connectivity index (χ1) is 20.9. The Bertz CT molecular complexity index is 1440. The molecule has 0 radical (unpaired) electrons. The number of nitrogens with one attached hydrogen (secondary N) is 3. The molecule has 3 aromatic rings. The molecule has 0 saturated carbocycles. The van der Waals surface area contributed by atoms with Crippen molar-refractivity contribution in [2.24, 2.45) is 0 Å². The first-order valence-electron chi connectivity index (χ1n) is 14.8. The van der Waals surface area contributed by atoms with E-state index in [-0.39, 0.29) is 13.8 Å². The number of anilines is 6. The summed E-state index contributed by atoms with van der Waals surface area (Å²) in [5, 5.41) is 11.3. The molecule has 2 aliphatic rings. The van der Waals surface area contributed by atoms with Crippen molar-refractivity contribution in [2.75, 3.05) is 67.5 Å². The van der Waals surface area contributed by atoms with Gasteiger partial charge in [0.15, 0.2) is 5.82 Å². The van der Waals surface area contributed by atoms with E-state index in [1.165, 1.54) is 43.7 Å². The van der Waals surface area contributed by atoms with E-state index in [4.69, 9.17) is 16.3 Å². The topological polar surface area (TPSA) is 94.6 Å². The van der Waals surface area contributed by atoms with Gasteiger partial charge in [0.25, 0.3) is 0 Å². The lowest BCUT2D eigenvalue weighted by atomic mass is 9.99. The number of carbonyl (C=O) groups excluding carboxylic acids is 1. The number of ether oxygens (including phenoxy) is 1. The van der Waals surface area contributed by atoms with Crippen LogP contribution >= 0.6 is 19.5 Å². The molecule has 3 heterocycles. The lowest BCUT2D eigenvalue weighted by Crippen LogP contribution is -2.46. The Balaban J connectivity index is 1.40. The molecule has 1 aromatic heterocycles. The Kier molecular flexibility index (Phi) is 10.4. The van der Waals surface area contributed by atoms with E-state index in [0.29, 0.717) is 40.0 Å². The van der Waals surface area contributed by atoms with E-state index in [9.17, 15) is 4.79 Å². The number of hydrogen-bond donors (Lipinski definition) is 3. The molecular weight excluding hydrogens is 581 g/mol. The summed E-state index contributed by atoms with van der Waals surface area (Å²) < 4.78 is 5.82.